The highest BCUT2D eigenvalue weighted by atomic mass is 16.3. The Morgan fingerprint density at radius 1 is 1.25 bits per heavy atom. The lowest BCUT2D eigenvalue weighted by Gasteiger charge is -2.11. The highest BCUT2D eigenvalue weighted by Gasteiger charge is 2.25. The number of rotatable bonds is 3. The van der Waals surface area contributed by atoms with Crippen LogP contribution in [0.5, 0.6) is 0 Å². The van der Waals surface area contributed by atoms with Gasteiger partial charge in [0.1, 0.15) is 0 Å². The van der Waals surface area contributed by atoms with Gasteiger partial charge in [-0.1, -0.05) is 0 Å². The lowest BCUT2D eigenvalue weighted by Crippen LogP contribution is -2.06. The van der Waals surface area contributed by atoms with Crippen molar-refractivity contribution in [3.05, 3.63) is 29.2 Å². The standard InChI is InChI=1S/C14H19N5O/c1-8-5-12(10-3-4-11(20)7-10)16-14(15-8)17-13-6-9(2)18-19-13/h5-6,10-11,20H,3-4,7H2,1-2H3,(H2,15,16,17,18,19). The first-order valence-corrected chi connectivity index (χ1v) is 6.93. The van der Waals surface area contributed by atoms with Gasteiger partial charge < -0.3 is 10.4 Å². The Bertz CT molecular complexity index is 609. The molecular formula is C14H19N5O. The molecule has 3 rings (SSSR count). The zero-order chi connectivity index (χ0) is 14.1. The quantitative estimate of drug-likeness (QED) is 0.798. The molecule has 0 amide bonds. The molecule has 2 atom stereocenters. The van der Waals surface area contributed by atoms with E-state index in [0.29, 0.717) is 17.7 Å². The molecule has 1 aliphatic rings. The minimum absolute atomic E-state index is 0.194. The SMILES string of the molecule is Cc1cc(C2CCC(O)C2)nc(Nc2cc(C)[nH]n2)n1. The van der Waals surface area contributed by atoms with Crippen molar-refractivity contribution in [1.29, 1.82) is 0 Å². The van der Waals surface area contributed by atoms with E-state index in [4.69, 9.17) is 0 Å². The molecule has 0 saturated heterocycles. The molecule has 0 spiro atoms. The van der Waals surface area contributed by atoms with Gasteiger partial charge in [-0.3, -0.25) is 5.10 Å². The van der Waals surface area contributed by atoms with Gasteiger partial charge in [0.2, 0.25) is 5.95 Å². The van der Waals surface area contributed by atoms with Crippen molar-refractivity contribution in [2.45, 2.75) is 45.1 Å². The van der Waals surface area contributed by atoms with Crippen molar-refractivity contribution in [3.63, 3.8) is 0 Å². The summed E-state index contributed by atoms with van der Waals surface area (Å²) in [5.74, 6) is 1.60. The summed E-state index contributed by atoms with van der Waals surface area (Å²) in [5.41, 5.74) is 2.91. The van der Waals surface area contributed by atoms with Gasteiger partial charge in [-0.25, -0.2) is 9.97 Å². The first-order valence-electron chi connectivity index (χ1n) is 6.93. The van der Waals surface area contributed by atoms with Gasteiger partial charge in [-0.2, -0.15) is 5.10 Å². The first-order chi connectivity index (χ1) is 9.60. The molecule has 1 fully saturated rings. The minimum Gasteiger partial charge on any atom is -0.393 e. The summed E-state index contributed by atoms with van der Waals surface area (Å²) in [4.78, 5) is 8.96. The molecule has 0 bridgehead atoms. The third-order valence-electron chi connectivity index (χ3n) is 3.64. The maximum atomic E-state index is 9.66. The van der Waals surface area contributed by atoms with Crippen LogP contribution >= 0.6 is 0 Å². The Morgan fingerprint density at radius 2 is 2.10 bits per heavy atom. The fraction of sp³-hybridized carbons (Fsp3) is 0.500. The second-order valence-electron chi connectivity index (χ2n) is 5.48. The van der Waals surface area contributed by atoms with Crippen LogP contribution in [0.1, 0.15) is 42.3 Å². The van der Waals surface area contributed by atoms with Crippen LogP contribution in [-0.2, 0) is 0 Å². The zero-order valence-corrected chi connectivity index (χ0v) is 11.7. The van der Waals surface area contributed by atoms with Crippen LogP contribution in [0.3, 0.4) is 0 Å². The number of aliphatic hydroxyl groups excluding tert-OH is 1. The number of H-pyrrole nitrogens is 1. The van der Waals surface area contributed by atoms with Gasteiger partial charge in [0, 0.05) is 29.1 Å². The number of nitrogens with zero attached hydrogens (tertiary/aromatic N) is 3. The van der Waals surface area contributed by atoms with Crippen LogP contribution in [-0.4, -0.2) is 31.4 Å². The molecule has 106 valence electrons. The number of aromatic nitrogens is 4. The Hall–Kier alpha value is -1.95. The second-order valence-corrected chi connectivity index (χ2v) is 5.48. The van der Waals surface area contributed by atoms with E-state index in [1.807, 2.05) is 26.0 Å². The first kappa shape index (κ1) is 13.1. The number of aromatic amines is 1. The van der Waals surface area contributed by atoms with E-state index in [0.717, 1.165) is 36.3 Å². The topological polar surface area (TPSA) is 86.7 Å². The van der Waals surface area contributed by atoms with E-state index in [1.165, 1.54) is 0 Å². The summed E-state index contributed by atoms with van der Waals surface area (Å²) >= 11 is 0. The molecule has 1 aliphatic carbocycles. The summed E-state index contributed by atoms with van der Waals surface area (Å²) in [7, 11) is 0. The highest BCUT2D eigenvalue weighted by molar-refractivity contribution is 5.48. The van der Waals surface area contributed by atoms with Crippen LogP contribution in [0.15, 0.2) is 12.1 Å². The Morgan fingerprint density at radius 3 is 2.75 bits per heavy atom. The summed E-state index contributed by atoms with van der Waals surface area (Å²) in [6.45, 7) is 3.90. The van der Waals surface area contributed by atoms with Gasteiger partial charge in [0.25, 0.3) is 0 Å². The lowest BCUT2D eigenvalue weighted by molar-refractivity contribution is 0.181. The fourth-order valence-electron chi connectivity index (χ4n) is 2.68. The molecule has 0 radical (unpaired) electrons. The molecule has 1 saturated carbocycles. The van der Waals surface area contributed by atoms with Crippen LogP contribution < -0.4 is 5.32 Å². The van der Waals surface area contributed by atoms with Crippen molar-refractivity contribution in [3.8, 4) is 0 Å². The van der Waals surface area contributed by atoms with E-state index in [2.05, 4.69) is 25.5 Å². The predicted octanol–water partition coefficient (Wildman–Crippen LogP) is 2.19. The van der Waals surface area contributed by atoms with E-state index in [1.54, 1.807) is 0 Å². The molecule has 3 N–H and O–H groups in total. The van der Waals surface area contributed by atoms with Crippen LogP contribution in [0.4, 0.5) is 11.8 Å². The smallest absolute Gasteiger partial charge is 0.228 e. The van der Waals surface area contributed by atoms with Crippen molar-refractivity contribution >= 4 is 11.8 Å². The molecule has 2 aromatic rings. The average Bonchev–Trinajstić information content (AvgIpc) is 2.98. The fourth-order valence-corrected chi connectivity index (χ4v) is 2.68. The van der Waals surface area contributed by atoms with Gasteiger partial charge in [-0.15, -0.1) is 0 Å². The summed E-state index contributed by atoms with van der Waals surface area (Å²) in [6.07, 6.45) is 2.44. The molecule has 2 aromatic heterocycles. The average molecular weight is 273 g/mol. The van der Waals surface area contributed by atoms with Crippen LogP contribution in [0.25, 0.3) is 0 Å². The Kier molecular flexibility index (Phi) is 3.40. The van der Waals surface area contributed by atoms with Crippen molar-refractivity contribution in [1.82, 2.24) is 20.2 Å². The highest BCUT2D eigenvalue weighted by Crippen LogP contribution is 2.34. The maximum Gasteiger partial charge on any atom is 0.228 e. The summed E-state index contributed by atoms with van der Waals surface area (Å²) < 4.78 is 0. The van der Waals surface area contributed by atoms with Crippen molar-refractivity contribution in [2.75, 3.05) is 5.32 Å². The molecule has 0 aromatic carbocycles. The van der Waals surface area contributed by atoms with Gasteiger partial charge >= 0.3 is 0 Å². The van der Waals surface area contributed by atoms with Crippen molar-refractivity contribution in [2.24, 2.45) is 0 Å². The molecule has 6 heteroatoms. The van der Waals surface area contributed by atoms with Gasteiger partial charge in [-0.05, 0) is 39.2 Å². The molecule has 2 heterocycles. The summed E-state index contributed by atoms with van der Waals surface area (Å²) in [6, 6.07) is 3.91. The van der Waals surface area contributed by atoms with E-state index >= 15 is 0 Å². The maximum absolute atomic E-state index is 9.66. The predicted molar refractivity (Wildman–Crippen MR) is 76.0 cm³/mol. The van der Waals surface area contributed by atoms with Gasteiger partial charge in [0.15, 0.2) is 5.82 Å². The molecule has 0 aliphatic heterocycles. The number of aliphatic hydroxyl groups is 1. The zero-order valence-electron chi connectivity index (χ0n) is 11.7. The molecule has 6 nitrogen and oxygen atoms in total. The van der Waals surface area contributed by atoms with Crippen LogP contribution in [0.2, 0.25) is 0 Å². The largest absolute Gasteiger partial charge is 0.393 e. The number of aryl methyl sites for hydroxylation is 2. The second kappa shape index (κ2) is 5.20. The Labute approximate surface area is 117 Å². The van der Waals surface area contributed by atoms with E-state index in [-0.39, 0.29) is 6.10 Å². The van der Waals surface area contributed by atoms with Crippen molar-refractivity contribution < 1.29 is 5.11 Å². The number of nitrogens with one attached hydrogen (secondary N) is 2. The third kappa shape index (κ3) is 2.80. The Balaban J connectivity index is 1.83. The van der Waals surface area contributed by atoms with Gasteiger partial charge in [0.05, 0.1) is 6.10 Å². The third-order valence-corrected chi connectivity index (χ3v) is 3.64. The number of hydrogen-bond donors (Lipinski definition) is 3. The molecule has 2 unspecified atom stereocenters. The lowest BCUT2D eigenvalue weighted by atomic mass is 10.0. The molecular weight excluding hydrogens is 254 g/mol. The van der Waals surface area contributed by atoms with E-state index in [9.17, 15) is 5.11 Å². The summed E-state index contributed by atoms with van der Waals surface area (Å²) in [5, 5.41) is 19.8. The van der Waals surface area contributed by atoms with Crippen LogP contribution in [0, 0.1) is 13.8 Å². The molecule has 20 heavy (non-hydrogen) atoms. The number of anilines is 2. The normalized spacial score (nSPS) is 22.1. The number of hydrogen-bond acceptors (Lipinski definition) is 5. The minimum atomic E-state index is -0.194. The van der Waals surface area contributed by atoms with E-state index < -0.39 is 0 Å². The monoisotopic (exact) mass is 273 g/mol.